The second-order valence-electron chi connectivity index (χ2n) is 5.54. The van der Waals surface area contributed by atoms with Crippen LogP contribution in [0.2, 0.25) is 0 Å². The number of hydrogen-bond donors (Lipinski definition) is 2. The van der Waals surface area contributed by atoms with Crippen molar-refractivity contribution in [2.45, 2.75) is 0 Å². The Bertz CT molecular complexity index is 831. The molecule has 3 aromatic rings. The van der Waals surface area contributed by atoms with Crippen molar-refractivity contribution in [3.8, 4) is 5.69 Å². The van der Waals surface area contributed by atoms with Gasteiger partial charge in [-0.15, -0.1) is 5.10 Å². The average Bonchev–Trinajstić information content (AvgIpc) is 3.17. The van der Waals surface area contributed by atoms with Gasteiger partial charge in [0.15, 0.2) is 0 Å². The van der Waals surface area contributed by atoms with Crippen molar-refractivity contribution in [1.29, 1.82) is 0 Å². The molecule has 25 heavy (non-hydrogen) atoms. The van der Waals surface area contributed by atoms with Gasteiger partial charge in [0.2, 0.25) is 0 Å². The number of likely N-dealkylation sites (N-methyl/N-ethyl adjacent to an activating group) is 1. The van der Waals surface area contributed by atoms with Gasteiger partial charge in [0.25, 0.3) is 5.91 Å². The Kier molecular flexibility index (Phi) is 5.06. The van der Waals surface area contributed by atoms with Gasteiger partial charge in [0, 0.05) is 30.5 Å². The first-order valence-electron chi connectivity index (χ1n) is 7.87. The van der Waals surface area contributed by atoms with Gasteiger partial charge >= 0.3 is 0 Å². The zero-order valence-corrected chi connectivity index (χ0v) is 13.8. The van der Waals surface area contributed by atoms with E-state index in [9.17, 15) is 4.79 Å². The number of aliphatic hydroxyl groups excluding tert-OH is 1. The molecule has 0 unspecified atom stereocenters. The molecule has 1 aromatic heterocycles. The van der Waals surface area contributed by atoms with Crippen molar-refractivity contribution in [2.24, 2.45) is 0 Å². The predicted molar refractivity (Wildman–Crippen MR) is 96.1 cm³/mol. The topological polar surface area (TPSA) is 83.3 Å². The van der Waals surface area contributed by atoms with Crippen molar-refractivity contribution in [2.75, 3.05) is 30.4 Å². The molecule has 0 saturated heterocycles. The molecule has 7 nitrogen and oxygen atoms in total. The minimum atomic E-state index is -0.196. The number of benzene rings is 2. The summed E-state index contributed by atoms with van der Waals surface area (Å²) in [6, 6.07) is 14.6. The summed E-state index contributed by atoms with van der Waals surface area (Å²) in [5, 5.41) is 19.6. The molecule has 1 heterocycles. The second-order valence-corrected chi connectivity index (χ2v) is 5.54. The average molecular weight is 337 g/mol. The van der Waals surface area contributed by atoms with E-state index in [-0.39, 0.29) is 12.5 Å². The van der Waals surface area contributed by atoms with Crippen LogP contribution in [0.15, 0.2) is 60.9 Å². The first-order valence-corrected chi connectivity index (χ1v) is 7.87. The van der Waals surface area contributed by atoms with Gasteiger partial charge in [0.05, 0.1) is 24.7 Å². The summed E-state index contributed by atoms with van der Waals surface area (Å²) in [4.78, 5) is 14.4. The lowest BCUT2D eigenvalue weighted by molar-refractivity contribution is 0.102. The van der Waals surface area contributed by atoms with Crippen LogP contribution >= 0.6 is 0 Å². The van der Waals surface area contributed by atoms with E-state index < -0.39 is 0 Å². The first-order chi connectivity index (χ1) is 12.2. The van der Waals surface area contributed by atoms with Gasteiger partial charge < -0.3 is 15.3 Å². The Hall–Kier alpha value is -3.19. The molecule has 0 saturated carbocycles. The number of amides is 1. The predicted octanol–water partition coefficient (Wildman–Crippen LogP) is 1.95. The van der Waals surface area contributed by atoms with Crippen LogP contribution in [0.5, 0.6) is 0 Å². The van der Waals surface area contributed by atoms with E-state index in [0.29, 0.717) is 17.8 Å². The Morgan fingerprint density at radius 2 is 2.04 bits per heavy atom. The van der Waals surface area contributed by atoms with Crippen molar-refractivity contribution < 1.29 is 9.90 Å². The SMILES string of the molecule is CN(CCO)c1ccc(NC(=O)c2cccc(-n3ccnn3)c2)cc1. The zero-order valence-electron chi connectivity index (χ0n) is 13.8. The number of carbonyl (C=O) groups excluding carboxylic acids is 1. The van der Waals surface area contributed by atoms with Crippen LogP contribution < -0.4 is 10.2 Å². The van der Waals surface area contributed by atoms with Gasteiger partial charge in [-0.2, -0.15) is 0 Å². The van der Waals surface area contributed by atoms with E-state index in [0.717, 1.165) is 11.4 Å². The largest absolute Gasteiger partial charge is 0.395 e. The highest BCUT2D eigenvalue weighted by Gasteiger charge is 2.08. The molecule has 128 valence electrons. The molecule has 0 bridgehead atoms. The number of aromatic nitrogens is 3. The molecule has 0 aliphatic rings. The fourth-order valence-electron chi connectivity index (χ4n) is 2.42. The van der Waals surface area contributed by atoms with E-state index in [4.69, 9.17) is 5.11 Å². The quantitative estimate of drug-likeness (QED) is 0.718. The summed E-state index contributed by atoms with van der Waals surface area (Å²) in [7, 11) is 1.90. The highest BCUT2D eigenvalue weighted by Crippen LogP contribution is 2.18. The lowest BCUT2D eigenvalue weighted by Crippen LogP contribution is -2.21. The van der Waals surface area contributed by atoms with E-state index in [1.54, 1.807) is 35.3 Å². The molecule has 0 aliphatic carbocycles. The molecular formula is C18H19N5O2. The molecule has 0 atom stereocenters. The lowest BCUT2D eigenvalue weighted by Gasteiger charge is -2.18. The Morgan fingerprint density at radius 1 is 1.24 bits per heavy atom. The lowest BCUT2D eigenvalue weighted by atomic mass is 10.2. The van der Waals surface area contributed by atoms with E-state index in [1.165, 1.54) is 0 Å². The van der Waals surface area contributed by atoms with Gasteiger partial charge in [0.1, 0.15) is 0 Å². The molecule has 2 N–H and O–H groups in total. The molecule has 0 fully saturated rings. The highest BCUT2D eigenvalue weighted by molar-refractivity contribution is 6.04. The third-order valence-electron chi connectivity index (χ3n) is 3.80. The number of nitrogens with one attached hydrogen (secondary N) is 1. The third-order valence-corrected chi connectivity index (χ3v) is 3.80. The molecular weight excluding hydrogens is 318 g/mol. The highest BCUT2D eigenvalue weighted by atomic mass is 16.3. The number of rotatable bonds is 6. The zero-order chi connectivity index (χ0) is 17.6. The van der Waals surface area contributed by atoms with Crippen LogP contribution in [-0.2, 0) is 0 Å². The Labute approximate surface area is 145 Å². The van der Waals surface area contributed by atoms with Crippen LogP contribution in [0.4, 0.5) is 11.4 Å². The van der Waals surface area contributed by atoms with Crippen molar-refractivity contribution in [3.05, 3.63) is 66.5 Å². The van der Waals surface area contributed by atoms with Gasteiger partial charge in [-0.25, -0.2) is 4.68 Å². The summed E-state index contributed by atoms with van der Waals surface area (Å²) in [6.45, 7) is 0.651. The van der Waals surface area contributed by atoms with Crippen molar-refractivity contribution in [1.82, 2.24) is 15.0 Å². The van der Waals surface area contributed by atoms with Gasteiger partial charge in [-0.3, -0.25) is 4.79 Å². The number of aliphatic hydroxyl groups is 1. The number of carbonyl (C=O) groups is 1. The maximum Gasteiger partial charge on any atom is 0.255 e. The van der Waals surface area contributed by atoms with E-state index in [2.05, 4.69) is 15.6 Å². The monoisotopic (exact) mass is 337 g/mol. The maximum absolute atomic E-state index is 12.5. The molecule has 2 aromatic carbocycles. The van der Waals surface area contributed by atoms with Crippen LogP contribution in [-0.4, -0.2) is 46.2 Å². The van der Waals surface area contributed by atoms with Gasteiger partial charge in [-0.05, 0) is 42.5 Å². The fourth-order valence-corrected chi connectivity index (χ4v) is 2.42. The minimum absolute atomic E-state index is 0.0943. The second kappa shape index (κ2) is 7.59. The van der Waals surface area contributed by atoms with Crippen molar-refractivity contribution in [3.63, 3.8) is 0 Å². The third kappa shape index (κ3) is 4.02. The molecule has 0 spiro atoms. The molecule has 1 amide bonds. The standard InChI is InChI=1S/C18H19N5O2/c1-22(11-12-24)16-7-5-15(6-8-16)20-18(25)14-3-2-4-17(13-14)23-10-9-19-21-23/h2-10,13,24H,11-12H2,1H3,(H,20,25). The van der Waals surface area contributed by atoms with Crippen LogP contribution in [0, 0.1) is 0 Å². The molecule has 3 rings (SSSR count). The Balaban J connectivity index is 1.71. The van der Waals surface area contributed by atoms with Crippen LogP contribution in [0.25, 0.3) is 5.69 Å². The van der Waals surface area contributed by atoms with E-state index >= 15 is 0 Å². The number of nitrogens with zero attached hydrogens (tertiary/aromatic N) is 4. The minimum Gasteiger partial charge on any atom is -0.395 e. The number of hydrogen-bond acceptors (Lipinski definition) is 5. The first kappa shape index (κ1) is 16.7. The number of anilines is 2. The fraction of sp³-hybridized carbons (Fsp3) is 0.167. The summed E-state index contributed by atoms with van der Waals surface area (Å²) in [5.74, 6) is -0.196. The molecule has 0 radical (unpaired) electrons. The summed E-state index contributed by atoms with van der Waals surface area (Å²) in [6.07, 6.45) is 3.31. The summed E-state index contributed by atoms with van der Waals surface area (Å²) >= 11 is 0. The molecule has 7 heteroatoms. The smallest absolute Gasteiger partial charge is 0.255 e. The van der Waals surface area contributed by atoms with E-state index in [1.807, 2.05) is 42.3 Å². The summed E-state index contributed by atoms with van der Waals surface area (Å²) < 4.78 is 1.60. The summed E-state index contributed by atoms with van der Waals surface area (Å²) in [5.41, 5.74) is 2.98. The van der Waals surface area contributed by atoms with Gasteiger partial charge in [-0.1, -0.05) is 11.3 Å². The molecule has 0 aliphatic heterocycles. The normalized spacial score (nSPS) is 10.5. The Morgan fingerprint density at radius 3 is 2.72 bits per heavy atom. The maximum atomic E-state index is 12.5. The van der Waals surface area contributed by atoms with Crippen molar-refractivity contribution >= 4 is 17.3 Å². The van der Waals surface area contributed by atoms with Crippen LogP contribution in [0.3, 0.4) is 0 Å². The van der Waals surface area contributed by atoms with Crippen LogP contribution in [0.1, 0.15) is 10.4 Å².